The number of aromatic nitrogens is 16. The van der Waals surface area contributed by atoms with Crippen molar-refractivity contribution in [2.45, 2.75) is 98.2 Å². The van der Waals surface area contributed by atoms with Crippen molar-refractivity contribution in [2.75, 3.05) is 50.7 Å². The fourth-order valence-electron chi connectivity index (χ4n) is 10.9. The molecule has 0 spiro atoms. The number of nitrogens with two attached hydrogens (primary N) is 3. The normalized spacial score (nSPS) is 30.9. The van der Waals surface area contributed by atoms with Crippen molar-refractivity contribution in [1.82, 2.24) is 73.1 Å². The molecule has 4 aliphatic rings. The summed E-state index contributed by atoms with van der Waals surface area (Å²) >= 11 is 5.41. The Morgan fingerprint density at radius 2 is 1.07 bits per heavy atom. The minimum atomic E-state index is -6.27. The zero-order valence-electron chi connectivity index (χ0n) is 48.9. The number of aromatic amines is 3. The number of anilines is 3. The number of hydrogen-bond acceptors (Lipinski definition) is 37. The quantitative estimate of drug-likeness (QED) is 0.0187. The highest BCUT2D eigenvalue weighted by molar-refractivity contribution is 8.07. The third-order valence-corrected chi connectivity index (χ3v) is 22.0. The number of H-pyrrole nitrogens is 3. The minimum Gasteiger partial charge on any atom is -0.387 e. The number of aryl methyl sites for hydroxylation is 1. The van der Waals surface area contributed by atoms with Gasteiger partial charge in [0.05, 0.1) is 52.5 Å². The van der Waals surface area contributed by atoms with Gasteiger partial charge in [0.15, 0.2) is 65.1 Å². The van der Waals surface area contributed by atoms with Crippen LogP contribution in [0.2, 0.25) is 0 Å². The van der Waals surface area contributed by atoms with Gasteiger partial charge in [-0.25, -0.2) is 47.7 Å². The molecule has 4 aliphatic heterocycles. The lowest BCUT2D eigenvalue weighted by Gasteiger charge is -2.28. The molecule has 4 fully saturated rings. The third-order valence-electron chi connectivity index (χ3n) is 15.2. The number of rotatable bonds is 25. The van der Waals surface area contributed by atoms with Crippen LogP contribution < -0.4 is 38.4 Å². The number of nitrogens with zero attached hydrogens (tertiary/aromatic N) is 13. The molecule has 55 heteroatoms. The smallest absolute Gasteiger partial charge is 0.387 e. The molecule has 0 saturated carbocycles. The van der Waals surface area contributed by atoms with E-state index in [1.807, 2.05) is 0 Å². The first kappa shape index (κ1) is 70.5. The molecule has 12 heterocycles. The Bertz CT molecular complexity index is 4770. The van der Waals surface area contributed by atoms with Gasteiger partial charge in [0.2, 0.25) is 23.6 Å². The van der Waals surface area contributed by atoms with Gasteiger partial charge < -0.3 is 95.4 Å². The minimum absolute atomic E-state index is 0.0115. The standard InChI is InChI=1S/C42H54N19O30P5S/c1-57-12-61(33-20(57)36(69)49-8-48-33)38-24(65)22(63)14(85-38)4-81-93(72,73)90-95(76,77)91-94(74,75)82-5-16-27(28(79-2)40(87-16)58-9-50-17-29(43)46-7-47-30(17)58)89-96(78,97)83-6-15-26(25(66)39(86-15)60-11-52-19-32(60)54-42(45)56-35(19)68)88-92(70,71)80-3-13-21(62)23(64)37(84-13)59-10-51-18-31(59)53-41(44)55-34(18)67/h7-16,21-28,37-40,62-66H,3-6H2,1-2H3,(H13-,43,44,45,46,47,48,49,53,54,55,56,67,68,69,70,71,72,73,74,75,76,77,78,97)/p+1. The number of nitrogens with one attached hydrogen (secondary N) is 3. The molecule has 12 rings (SSSR count). The second kappa shape index (κ2) is 26.6. The van der Waals surface area contributed by atoms with Crippen LogP contribution in [0.15, 0.2) is 52.3 Å². The van der Waals surface area contributed by atoms with E-state index < -0.39 is 185 Å². The molecule has 19 N–H and O–H groups in total. The number of aliphatic hydroxyl groups excluding tert-OH is 5. The number of nitrogen functional groups attached to an aromatic ring is 3. The van der Waals surface area contributed by atoms with Gasteiger partial charge in [-0.05, 0) is 11.8 Å². The summed E-state index contributed by atoms with van der Waals surface area (Å²) in [5, 5.41) is 55.5. The van der Waals surface area contributed by atoms with E-state index in [-0.39, 0.29) is 56.4 Å². The van der Waals surface area contributed by atoms with E-state index in [0.29, 0.717) is 0 Å². The molecule has 0 aromatic carbocycles. The summed E-state index contributed by atoms with van der Waals surface area (Å²) in [4.78, 5) is 132. The predicted octanol–water partition coefficient (Wildman–Crippen LogP) is -5.70. The van der Waals surface area contributed by atoms with Gasteiger partial charge in [0.1, 0.15) is 85.1 Å². The molecule has 528 valence electrons. The Morgan fingerprint density at radius 1 is 0.567 bits per heavy atom. The zero-order chi connectivity index (χ0) is 69.7. The molecular formula is C42H55N19O30P5S+. The van der Waals surface area contributed by atoms with Gasteiger partial charge in [-0.1, -0.05) is 4.98 Å². The van der Waals surface area contributed by atoms with Crippen LogP contribution in [-0.4, -0.2) is 230 Å². The van der Waals surface area contributed by atoms with E-state index in [4.69, 9.17) is 79.8 Å². The summed E-state index contributed by atoms with van der Waals surface area (Å²) in [5.41, 5.74) is 14.3. The van der Waals surface area contributed by atoms with Crippen molar-refractivity contribution in [3.63, 3.8) is 0 Å². The van der Waals surface area contributed by atoms with Crippen LogP contribution in [0.25, 0.3) is 44.7 Å². The lowest BCUT2D eigenvalue weighted by Crippen LogP contribution is -2.46. The number of aliphatic hydroxyl groups is 5. The Kier molecular flexibility index (Phi) is 19.4. The predicted molar refractivity (Wildman–Crippen MR) is 314 cm³/mol. The Labute approximate surface area is 540 Å². The number of phosphoric acid groups is 4. The fourth-order valence-corrected chi connectivity index (χ4v) is 16.8. The van der Waals surface area contributed by atoms with Gasteiger partial charge in [-0.3, -0.25) is 70.2 Å². The molecule has 0 bridgehead atoms. The second-order valence-electron chi connectivity index (χ2n) is 21.4. The monoisotopic (exact) mass is 1490 g/mol. The maximum Gasteiger partial charge on any atom is 0.490 e. The maximum atomic E-state index is 13.9. The SMILES string of the molecule is COC1C(OP(O)(=S)OCC2OC(n3cnc4c(=O)[nH]c(N)nc43)C(O)C2OP(=O)(O)OCC2OC(n3cnc4c(=O)[nH]c(N)nc43)C(O)C2O)C(COP(=O)(O)OP(=O)(O)OP(=O)(O)OCC2OC([n+]3cn(C)c4c(=O)[nH]cnc43)C(O)C2O)OC1n1cnc2c(N)ncnc21. The molecule has 4 saturated heterocycles. The summed E-state index contributed by atoms with van der Waals surface area (Å²) in [6.07, 6.45) is -21.9. The molecule has 8 aromatic heterocycles. The van der Waals surface area contributed by atoms with E-state index in [9.17, 15) is 82.6 Å². The second-order valence-corrected chi connectivity index (χ2v) is 30.2. The first-order valence-electron chi connectivity index (χ1n) is 27.5. The Morgan fingerprint density at radius 3 is 1.68 bits per heavy atom. The molecule has 8 aromatic rings. The highest BCUT2D eigenvalue weighted by Gasteiger charge is 2.55. The topological polar surface area (TPSA) is 694 Å². The Hall–Kier alpha value is -6.35. The highest BCUT2D eigenvalue weighted by Crippen LogP contribution is 2.68. The van der Waals surface area contributed by atoms with Gasteiger partial charge in [-0.15, -0.1) is 0 Å². The fraction of sp³-hybridized carbons (Fsp3) is 0.524. The average molecular weight is 1490 g/mol. The van der Waals surface area contributed by atoms with Crippen molar-refractivity contribution < 1.29 is 132 Å². The van der Waals surface area contributed by atoms with Gasteiger partial charge in [0.25, 0.3) is 16.7 Å². The molecule has 21 atom stereocenters. The number of hydrogen-bond donors (Lipinski definition) is 16. The van der Waals surface area contributed by atoms with Crippen molar-refractivity contribution in [3.05, 3.63) is 69.0 Å². The van der Waals surface area contributed by atoms with Crippen LogP contribution in [0, 0.1) is 0 Å². The number of methoxy groups -OCH3 is 1. The highest BCUT2D eigenvalue weighted by atomic mass is 32.5. The molecule has 0 amide bonds. The number of imidazole rings is 4. The maximum absolute atomic E-state index is 13.9. The molecule has 49 nitrogen and oxygen atoms in total. The van der Waals surface area contributed by atoms with Crippen LogP contribution in [-0.2, 0) is 96.6 Å². The lowest BCUT2D eigenvalue weighted by atomic mass is 10.1. The third kappa shape index (κ3) is 14.1. The van der Waals surface area contributed by atoms with Crippen LogP contribution in [0.3, 0.4) is 0 Å². The zero-order valence-corrected chi connectivity index (χ0v) is 54.1. The van der Waals surface area contributed by atoms with Crippen LogP contribution in [0.4, 0.5) is 17.7 Å². The van der Waals surface area contributed by atoms with Gasteiger partial charge >= 0.3 is 43.7 Å². The van der Waals surface area contributed by atoms with Crippen LogP contribution in [0.5, 0.6) is 0 Å². The molecule has 0 radical (unpaired) electrons. The van der Waals surface area contributed by atoms with E-state index in [2.05, 4.69) is 63.4 Å². The number of fused-ring (bicyclic) bond motifs is 4. The summed E-state index contributed by atoms with van der Waals surface area (Å²) in [7, 11) is -21.2. The van der Waals surface area contributed by atoms with Gasteiger partial charge in [-0.2, -0.15) is 18.6 Å². The lowest BCUT2D eigenvalue weighted by molar-refractivity contribution is -0.745. The molecular weight excluding hydrogens is 1440 g/mol. The largest absolute Gasteiger partial charge is 0.490 e. The molecule has 97 heavy (non-hydrogen) atoms. The number of phosphoric ester groups is 3. The van der Waals surface area contributed by atoms with Crippen molar-refractivity contribution in [1.29, 1.82) is 0 Å². The first-order chi connectivity index (χ1) is 45.6. The van der Waals surface area contributed by atoms with E-state index in [0.717, 1.165) is 52.4 Å². The van der Waals surface area contributed by atoms with E-state index in [1.54, 1.807) is 0 Å². The summed E-state index contributed by atoms with van der Waals surface area (Å²) in [6, 6.07) is 0. The average Bonchev–Trinajstić information content (AvgIpc) is 1.63. The first-order valence-corrected chi connectivity index (χ1v) is 36.1. The van der Waals surface area contributed by atoms with E-state index in [1.165, 1.54) is 22.5 Å². The molecule has 21 unspecified atom stereocenters. The summed E-state index contributed by atoms with van der Waals surface area (Å²) in [6.45, 7) is -9.54. The summed E-state index contributed by atoms with van der Waals surface area (Å²) in [5.74, 6) is -0.890. The van der Waals surface area contributed by atoms with Crippen molar-refractivity contribution >= 4 is 112 Å². The van der Waals surface area contributed by atoms with Crippen molar-refractivity contribution in [3.8, 4) is 0 Å². The van der Waals surface area contributed by atoms with Crippen LogP contribution in [0.1, 0.15) is 24.9 Å². The number of ether oxygens (including phenoxy) is 5. The molecule has 0 aliphatic carbocycles. The van der Waals surface area contributed by atoms with Gasteiger partial charge in [0, 0.05) is 7.11 Å². The van der Waals surface area contributed by atoms with Crippen LogP contribution >= 0.6 is 38.0 Å². The van der Waals surface area contributed by atoms with Crippen molar-refractivity contribution in [2.24, 2.45) is 7.05 Å². The van der Waals surface area contributed by atoms with E-state index >= 15 is 0 Å². The Balaban J connectivity index is 0.741. The summed E-state index contributed by atoms with van der Waals surface area (Å²) < 4.78 is 129.